The molecule has 1 atom stereocenters. The Labute approximate surface area is 101 Å². The monoisotopic (exact) mass is 244 g/mol. The molecule has 0 aromatic heterocycles. The maximum Gasteiger partial charge on any atom is 0.311 e. The van der Waals surface area contributed by atoms with Crippen LogP contribution in [0.2, 0.25) is 0 Å². The molecule has 0 radical (unpaired) electrons. The predicted molar refractivity (Wildman–Crippen MR) is 61.3 cm³/mol. The number of esters is 2. The summed E-state index contributed by atoms with van der Waals surface area (Å²) in [6, 6.07) is 0. The molecule has 17 heavy (non-hydrogen) atoms. The first-order chi connectivity index (χ1) is 7.77. The van der Waals surface area contributed by atoms with Gasteiger partial charge in [0, 0.05) is 13.3 Å². The molecule has 0 spiro atoms. The lowest BCUT2D eigenvalue weighted by Crippen LogP contribution is -2.31. The van der Waals surface area contributed by atoms with E-state index in [9.17, 15) is 14.4 Å². The van der Waals surface area contributed by atoms with Crippen LogP contribution in [0.4, 0.5) is 0 Å². The van der Waals surface area contributed by atoms with E-state index in [1.165, 1.54) is 6.92 Å². The van der Waals surface area contributed by atoms with Crippen molar-refractivity contribution in [1.29, 1.82) is 0 Å². The number of rotatable bonds is 6. The SMILES string of the molecule is CC(=O)OCC(CCC=O)OC(=O)C(C)(C)C. The minimum Gasteiger partial charge on any atom is -0.462 e. The second-order valence-electron chi connectivity index (χ2n) is 4.82. The zero-order chi connectivity index (χ0) is 13.5. The highest BCUT2D eigenvalue weighted by Gasteiger charge is 2.26. The molecule has 5 heteroatoms. The smallest absolute Gasteiger partial charge is 0.311 e. The lowest BCUT2D eigenvalue weighted by atomic mass is 9.97. The van der Waals surface area contributed by atoms with Crippen molar-refractivity contribution in [2.45, 2.75) is 46.6 Å². The Kier molecular flexibility index (Phi) is 6.46. The molecule has 0 saturated heterocycles. The van der Waals surface area contributed by atoms with Crippen LogP contribution in [-0.4, -0.2) is 30.9 Å². The van der Waals surface area contributed by atoms with Gasteiger partial charge in [-0.1, -0.05) is 0 Å². The maximum atomic E-state index is 11.6. The second kappa shape index (κ2) is 7.04. The Hall–Kier alpha value is -1.39. The molecule has 5 nitrogen and oxygen atoms in total. The van der Waals surface area contributed by atoms with Gasteiger partial charge in [-0.3, -0.25) is 9.59 Å². The highest BCUT2D eigenvalue weighted by molar-refractivity contribution is 5.75. The van der Waals surface area contributed by atoms with Crippen molar-refractivity contribution < 1.29 is 23.9 Å². The van der Waals surface area contributed by atoms with Gasteiger partial charge < -0.3 is 14.3 Å². The first-order valence-electron chi connectivity index (χ1n) is 5.55. The molecule has 0 fully saturated rings. The van der Waals surface area contributed by atoms with Gasteiger partial charge in [0.15, 0.2) is 0 Å². The summed E-state index contributed by atoms with van der Waals surface area (Å²) >= 11 is 0. The van der Waals surface area contributed by atoms with Crippen molar-refractivity contribution in [1.82, 2.24) is 0 Å². The Balaban J connectivity index is 4.31. The van der Waals surface area contributed by atoms with Gasteiger partial charge in [0.2, 0.25) is 0 Å². The third-order valence-electron chi connectivity index (χ3n) is 1.97. The Morgan fingerprint density at radius 2 is 1.88 bits per heavy atom. The molecule has 0 aromatic rings. The van der Waals surface area contributed by atoms with E-state index in [-0.39, 0.29) is 19.0 Å². The number of aldehydes is 1. The van der Waals surface area contributed by atoms with E-state index in [0.717, 1.165) is 6.29 Å². The average molecular weight is 244 g/mol. The van der Waals surface area contributed by atoms with Crippen molar-refractivity contribution in [3.63, 3.8) is 0 Å². The van der Waals surface area contributed by atoms with Crippen molar-refractivity contribution in [2.75, 3.05) is 6.61 Å². The Morgan fingerprint density at radius 1 is 1.29 bits per heavy atom. The van der Waals surface area contributed by atoms with E-state index in [1.54, 1.807) is 20.8 Å². The maximum absolute atomic E-state index is 11.6. The van der Waals surface area contributed by atoms with Crippen LogP contribution in [0.5, 0.6) is 0 Å². The van der Waals surface area contributed by atoms with Crippen molar-refractivity contribution in [3.05, 3.63) is 0 Å². The van der Waals surface area contributed by atoms with Crippen molar-refractivity contribution in [3.8, 4) is 0 Å². The Bertz CT molecular complexity index is 277. The molecular formula is C12H20O5. The van der Waals surface area contributed by atoms with Crippen LogP contribution in [0.25, 0.3) is 0 Å². The van der Waals surface area contributed by atoms with Gasteiger partial charge in [-0.25, -0.2) is 0 Å². The largest absolute Gasteiger partial charge is 0.462 e. The first-order valence-corrected chi connectivity index (χ1v) is 5.55. The summed E-state index contributed by atoms with van der Waals surface area (Å²) in [7, 11) is 0. The predicted octanol–water partition coefficient (Wildman–Crippen LogP) is 1.49. The van der Waals surface area contributed by atoms with Crippen LogP contribution in [0.15, 0.2) is 0 Å². The quantitative estimate of drug-likeness (QED) is 0.523. The number of ether oxygens (including phenoxy) is 2. The van der Waals surface area contributed by atoms with Crippen LogP contribution < -0.4 is 0 Å². The lowest BCUT2D eigenvalue weighted by molar-refractivity contribution is -0.165. The summed E-state index contributed by atoms with van der Waals surface area (Å²) in [6.45, 7) is 6.47. The highest BCUT2D eigenvalue weighted by atomic mass is 16.6. The molecule has 0 aliphatic rings. The van der Waals surface area contributed by atoms with Crippen LogP contribution in [0.1, 0.15) is 40.5 Å². The van der Waals surface area contributed by atoms with E-state index in [2.05, 4.69) is 0 Å². The molecular weight excluding hydrogens is 224 g/mol. The van der Waals surface area contributed by atoms with Crippen LogP contribution in [-0.2, 0) is 23.9 Å². The minimum atomic E-state index is -0.615. The molecule has 98 valence electrons. The van der Waals surface area contributed by atoms with Gasteiger partial charge in [0.05, 0.1) is 5.41 Å². The van der Waals surface area contributed by atoms with E-state index >= 15 is 0 Å². The van der Waals surface area contributed by atoms with Gasteiger partial charge in [0.25, 0.3) is 0 Å². The third kappa shape index (κ3) is 7.49. The summed E-state index contributed by atoms with van der Waals surface area (Å²) in [6.07, 6.45) is 0.809. The van der Waals surface area contributed by atoms with Crippen LogP contribution in [0.3, 0.4) is 0 Å². The van der Waals surface area contributed by atoms with Gasteiger partial charge in [-0.05, 0) is 27.2 Å². The van der Waals surface area contributed by atoms with Gasteiger partial charge >= 0.3 is 11.9 Å². The van der Waals surface area contributed by atoms with Crippen LogP contribution >= 0.6 is 0 Å². The summed E-state index contributed by atoms with van der Waals surface area (Å²) in [4.78, 5) is 32.6. The lowest BCUT2D eigenvalue weighted by Gasteiger charge is -2.22. The summed E-state index contributed by atoms with van der Waals surface area (Å²) < 4.78 is 9.97. The van der Waals surface area contributed by atoms with Gasteiger partial charge in [-0.2, -0.15) is 0 Å². The van der Waals surface area contributed by atoms with E-state index in [1.807, 2.05) is 0 Å². The first kappa shape index (κ1) is 15.6. The molecule has 0 aromatic carbocycles. The zero-order valence-electron chi connectivity index (χ0n) is 10.8. The molecule has 0 bridgehead atoms. The fourth-order valence-electron chi connectivity index (χ4n) is 0.969. The molecule has 0 amide bonds. The van der Waals surface area contributed by atoms with E-state index < -0.39 is 17.5 Å². The van der Waals surface area contributed by atoms with Gasteiger partial charge in [-0.15, -0.1) is 0 Å². The fourth-order valence-corrected chi connectivity index (χ4v) is 0.969. The molecule has 0 heterocycles. The van der Waals surface area contributed by atoms with Gasteiger partial charge in [0.1, 0.15) is 19.0 Å². The number of carbonyl (C=O) groups is 3. The topological polar surface area (TPSA) is 69.7 Å². The van der Waals surface area contributed by atoms with E-state index in [0.29, 0.717) is 6.42 Å². The normalized spacial score (nSPS) is 12.7. The molecule has 0 aliphatic heterocycles. The molecule has 0 aliphatic carbocycles. The minimum absolute atomic E-state index is 0.00894. The second-order valence-corrected chi connectivity index (χ2v) is 4.82. The zero-order valence-corrected chi connectivity index (χ0v) is 10.8. The standard InChI is InChI=1S/C12H20O5/c1-9(14)16-8-10(6-5-7-13)17-11(15)12(2,3)4/h7,10H,5-6,8H2,1-4H3. The third-order valence-corrected chi connectivity index (χ3v) is 1.97. The molecule has 0 saturated carbocycles. The Morgan fingerprint density at radius 3 is 2.29 bits per heavy atom. The number of carbonyl (C=O) groups excluding carboxylic acids is 3. The number of hydrogen-bond donors (Lipinski definition) is 0. The van der Waals surface area contributed by atoms with Crippen molar-refractivity contribution in [2.24, 2.45) is 5.41 Å². The molecule has 1 unspecified atom stereocenters. The highest BCUT2D eigenvalue weighted by Crippen LogP contribution is 2.17. The fraction of sp³-hybridized carbons (Fsp3) is 0.750. The summed E-state index contributed by atoms with van der Waals surface area (Å²) in [5.41, 5.74) is -0.615. The summed E-state index contributed by atoms with van der Waals surface area (Å²) in [5, 5.41) is 0. The molecule has 0 rings (SSSR count). The summed E-state index contributed by atoms with van der Waals surface area (Å²) in [5.74, 6) is -0.812. The molecule has 0 N–H and O–H groups in total. The number of hydrogen-bond acceptors (Lipinski definition) is 5. The van der Waals surface area contributed by atoms with Crippen LogP contribution in [0, 0.1) is 5.41 Å². The average Bonchev–Trinajstić information content (AvgIpc) is 2.20. The van der Waals surface area contributed by atoms with Crippen molar-refractivity contribution >= 4 is 18.2 Å². The van der Waals surface area contributed by atoms with E-state index in [4.69, 9.17) is 9.47 Å².